The summed E-state index contributed by atoms with van der Waals surface area (Å²) in [7, 11) is 0.284. The number of pyridine rings is 1. The second-order valence-electron chi connectivity index (χ2n) is 9.73. The maximum Gasteiger partial charge on any atom is 0.277 e. The number of fused-ring (bicyclic) bond motifs is 1. The summed E-state index contributed by atoms with van der Waals surface area (Å²) in [5, 5.41) is 4.03. The van der Waals surface area contributed by atoms with E-state index >= 15 is 0 Å². The van der Waals surface area contributed by atoms with Crippen LogP contribution in [0.15, 0.2) is 38.5 Å². The Morgan fingerprint density at radius 3 is 2.69 bits per heavy atom. The van der Waals surface area contributed by atoms with Crippen molar-refractivity contribution in [1.82, 2.24) is 9.97 Å². The van der Waals surface area contributed by atoms with Gasteiger partial charge < -0.3 is 10.1 Å². The van der Waals surface area contributed by atoms with Crippen LogP contribution < -0.4 is 5.32 Å². The summed E-state index contributed by atoms with van der Waals surface area (Å²) >= 11 is 1.51. The average Bonchev–Trinajstić information content (AvgIpc) is 3.56. The number of methoxy groups -OCH3 is 1. The number of alkyl halides is 2. The number of hydrogen-bond donors (Lipinski definition) is 1. The molecule has 0 saturated heterocycles. The number of aromatic nitrogens is 2. The third-order valence-corrected chi connectivity index (χ3v) is 9.70. The van der Waals surface area contributed by atoms with Crippen LogP contribution in [0.1, 0.15) is 34.8 Å². The van der Waals surface area contributed by atoms with Crippen molar-refractivity contribution in [1.29, 1.82) is 0 Å². The lowest BCUT2D eigenvalue weighted by atomic mass is 10.1. The van der Waals surface area contributed by atoms with E-state index in [4.69, 9.17) is 4.74 Å². The van der Waals surface area contributed by atoms with E-state index in [2.05, 4.69) is 24.6 Å². The van der Waals surface area contributed by atoms with Gasteiger partial charge in [0.25, 0.3) is 6.43 Å². The highest BCUT2D eigenvalue weighted by atomic mass is 32.2. The SMILES string of the molecule is CN=[S@@](C)(=O)c1cc(-c2nc(COC)c(C)s2)ccc1Nc1cc(CC(=O)C2CC2)nc2c1N=C(C(F)F)C2. The number of aliphatic imine (C=N–C) groups is 1. The van der Waals surface area contributed by atoms with Crippen molar-refractivity contribution in [2.45, 2.75) is 50.5 Å². The molecule has 0 unspecified atom stereocenters. The highest BCUT2D eigenvalue weighted by molar-refractivity contribution is 7.93. The van der Waals surface area contributed by atoms with Crippen LogP contribution in [0.25, 0.3) is 10.6 Å². The van der Waals surface area contributed by atoms with E-state index < -0.39 is 16.2 Å². The third-order valence-electron chi connectivity index (χ3n) is 6.79. The van der Waals surface area contributed by atoms with Gasteiger partial charge in [-0.05, 0) is 44.0 Å². The van der Waals surface area contributed by atoms with Gasteiger partial charge in [-0.25, -0.2) is 27.3 Å². The fraction of sp³-hybridized carbons (Fsp3) is 0.407. The summed E-state index contributed by atoms with van der Waals surface area (Å²) in [6.45, 7) is 2.37. The summed E-state index contributed by atoms with van der Waals surface area (Å²) < 4.78 is 50.0. The van der Waals surface area contributed by atoms with E-state index in [0.29, 0.717) is 40.0 Å². The third kappa shape index (κ3) is 5.78. The van der Waals surface area contributed by atoms with Gasteiger partial charge in [0.2, 0.25) is 0 Å². The summed E-state index contributed by atoms with van der Waals surface area (Å²) in [5.74, 6) is 0.151. The Morgan fingerprint density at radius 2 is 2.03 bits per heavy atom. The molecule has 1 aliphatic carbocycles. The minimum absolute atomic E-state index is 0.0540. The Kier molecular flexibility index (Phi) is 7.62. The molecule has 206 valence electrons. The van der Waals surface area contributed by atoms with Crippen molar-refractivity contribution in [2.75, 3.05) is 25.7 Å². The van der Waals surface area contributed by atoms with Crippen LogP contribution in [-0.2, 0) is 38.7 Å². The van der Waals surface area contributed by atoms with Gasteiger partial charge in [0, 0.05) is 49.6 Å². The zero-order valence-corrected chi connectivity index (χ0v) is 23.7. The van der Waals surface area contributed by atoms with Crippen molar-refractivity contribution in [3.63, 3.8) is 0 Å². The number of anilines is 2. The topological polar surface area (TPSA) is 106 Å². The molecule has 2 aromatic heterocycles. The van der Waals surface area contributed by atoms with E-state index in [1.807, 2.05) is 13.0 Å². The highest BCUT2D eigenvalue weighted by Crippen LogP contribution is 2.40. The van der Waals surface area contributed by atoms with Gasteiger partial charge in [-0.15, -0.1) is 11.3 Å². The standard InChI is InChI=1S/C27H29F2N5O3S2/c1-14-22(13-37-3)34-27(38-14)16-7-8-18(24(9-16)39(4,36)30-2)32-19-10-17(11-23(35)15-5-6-15)31-20-12-21(26(28)29)33-25(19)20/h7-10,15,26H,5-6,11-13H2,1-4H3,(H,31,32)/t39-/m0/s1. The van der Waals surface area contributed by atoms with Gasteiger partial charge >= 0.3 is 0 Å². The Balaban J connectivity index is 1.57. The quantitative estimate of drug-likeness (QED) is 0.324. The maximum absolute atomic E-state index is 13.6. The predicted molar refractivity (Wildman–Crippen MR) is 149 cm³/mol. The first kappa shape index (κ1) is 27.5. The monoisotopic (exact) mass is 573 g/mol. The minimum atomic E-state index is -2.82. The number of carbonyl (C=O) groups excluding carboxylic acids is 1. The minimum Gasteiger partial charge on any atom is -0.378 e. The molecule has 5 rings (SSSR count). The molecule has 12 heteroatoms. The molecular weight excluding hydrogens is 544 g/mol. The van der Waals surface area contributed by atoms with Gasteiger partial charge in [0.15, 0.2) is 0 Å². The van der Waals surface area contributed by atoms with Crippen LogP contribution in [0.5, 0.6) is 0 Å². The molecule has 0 spiro atoms. The first-order valence-corrected chi connectivity index (χ1v) is 15.2. The number of rotatable bonds is 10. The van der Waals surface area contributed by atoms with Gasteiger partial charge in [-0.2, -0.15) is 0 Å². The van der Waals surface area contributed by atoms with Crippen LogP contribution in [0.3, 0.4) is 0 Å². The normalized spacial score (nSPS) is 16.1. The molecule has 1 atom stereocenters. The maximum atomic E-state index is 13.6. The Hall–Kier alpha value is -3.09. The zero-order valence-electron chi connectivity index (χ0n) is 22.1. The molecule has 1 aromatic carbocycles. The van der Waals surface area contributed by atoms with E-state index in [1.54, 1.807) is 31.6 Å². The smallest absolute Gasteiger partial charge is 0.277 e. The lowest BCUT2D eigenvalue weighted by molar-refractivity contribution is -0.119. The molecule has 1 aliphatic heterocycles. The Labute approximate surface area is 230 Å². The van der Waals surface area contributed by atoms with Crippen LogP contribution in [0, 0.1) is 12.8 Å². The van der Waals surface area contributed by atoms with Crippen LogP contribution >= 0.6 is 11.3 Å². The fourth-order valence-corrected chi connectivity index (χ4v) is 6.41. The number of aryl methyl sites for hydroxylation is 1. The molecule has 0 bridgehead atoms. The number of Topliss-reactive ketones (excluding diaryl/α,β-unsaturated/α-hetero) is 1. The number of hydrogen-bond acceptors (Lipinski definition) is 9. The fourth-order valence-electron chi connectivity index (χ4n) is 4.43. The number of nitrogens with one attached hydrogen (secondary N) is 1. The molecule has 0 radical (unpaired) electrons. The molecule has 3 heterocycles. The lowest BCUT2D eigenvalue weighted by Gasteiger charge is -2.17. The summed E-state index contributed by atoms with van der Waals surface area (Å²) in [4.78, 5) is 27.3. The molecule has 1 fully saturated rings. The van der Waals surface area contributed by atoms with Crippen molar-refractivity contribution in [3.05, 3.63) is 46.2 Å². The first-order chi connectivity index (χ1) is 18.6. The molecule has 39 heavy (non-hydrogen) atoms. The molecule has 1 N–H and O–H groups in total. The van der Waals surface area contributed by atoms with Gasteiger partial charge in [-0.3, -0.25) is 9.78 Å². The number of thiazole rings is 1. The van der Waals surface area contributed by atoms with Crippen molar-refractivity contribution >= 4 is 49.6 Å². The zero-order chi connectivity index (χ0) is 27.9. The molecular formula is C27H29F2N5O3S2. The van der Waals surface area contributed by atoms with Crippen molar-refractivity contribution < 1.29 is 22.5 Å². The molecule has 0 amide bonds. The number of halogens is 2. The van der Waals surface area contributed by atoms with Crippen molar-refractivity contribution in [3.8, 4) is 10.6 Å². The summed E-state index contributed by atoms with van der Waals surface area (Å²) in [6, 6.07) is 7.11. The Morgan fingerprint density at radius 1 is 1.26 bits per heavy atom. The number of carbonyl (C=O) groups is 1. The average molecular weight is 574 g/mol. The second-order valence-corrected chi connectivity index (χ2v) is 13.3. The first-order valence-electron chi connectivity index (χ1n) is 12.5. The van der Waals surface area contributed by atoms with Gasteiger partial charge in [0.1, 0.15) is 16.5 Å². The van der Waals surface area contributed by atoms with E-state index in [-0.39, 0.29) is 30.3 Å². The number of ether oxygens (including phenoxy) is 1. The largest absolute Gasteiger partial charge is 0.378 e. The van der Waals surface area contributed by atoms with E-state index in [9.17, 15) is 17.8 Å². The van der Waals surface area contributed by atoms with Crippen molar-refractivity contribution in [2.24, 2.45) is 15.3 Å². The van der Waals surface area contributed by atoms with Crippen LogP contribution in [0.4, 0.5) is 25.8 Å². The van der Waals surface area contributed by atoms with Crippen LogP contribution in [0.2, 0.25) is 0 Å². The highest BCUT2D eigenvalue weighted by Gasteiger charge is 2.31. The lowest BCUT2D eigenvalue weighted by Crippen LogP contribution is -2.11. The number of nitrogens with zero attached hydrogens (tertiary/aromatic N) is 4. The number of benzene rings is 1. The van der Waals surface area contributed by atoms with E-state index in [1.165, 1.54) is 18.4 Å². The van der Waals surface area contributed by atoms with Gasteiger partial charge in [-0.1, -0.05) is 0 Å². The molecule has 2 aliphatic rings. The Bertz CT molecular complexity index is 1600. The summed E-state index contributed by atoms with van der Waals surface area (Å²) in [6.07, 6.45) is 0.632. The molecule has 8 nitrogen and oxygen atoms in total. The predicted octanol–water partition coefficient (Wildman–Crippen LogP) is 5.91. The van der Waals surface area contributed by atoms with Gasteiger partial charge in [0.05, 0.1) is 55.4 Å². The van der Waals surface area contributed by atoms with Crippen LogP contribution in [-0.4, -0.2) is 52.5 Å². The number of ketones is 1. The molecule has 3 aromatic rings. The molecule has 1 saturated carbocycles. The second kappa shape index (κ2) is 10.8. The summed E-state index contributed by atoms with van der Waals surface area (Å²) in [5.41, 5.74) is 3.48. The van der Waals surface area contributed by atoms with E-state index in [0.717, 1.165) is 34.0 Å².